The van der Waals surface area contributed by atoms with E-state index in [9.17, 15) is 14.4 Å². The summed E-state index contributed by atoms with van der Waals surface area (Å²) in [6, 6.07) is 0. The molecule has 1 unspecified atom stereocenters. The Hall–Kier alpha value is -2.89. The van der Waals surface area contributed by atoms with E-state index in [0.717, 1.165) is 70.6 Å². The molecule has 0 bridgehead atoms. The van der Waals surface area contributed by atoms with E-state index in [-0.39, 0.29) is 31.6 Å². The maximum atomic E-state index is 12.9. The summed E-state index contributed by atoms with van der Waals surface area (Å²) in [6.45, 7) is 6.51. The molecule has 80 heavy (non-hydrogen) atoms. The van der Waals surface area contributed by atoms with Crippen LogP contribution in [0.1, 0.15) is 374 Å². The highest BCUT2D eigenvalue weighted by Gasteiger charge is 2.19. The van der Waals surface area contributed by atoms with Crippen LogP contribution >= 0.6 is 0 Å². The highest BCUT2D eigenvalue weighted by atomic mass is 16.6. The van der Waals surface area contributed by atoms with E-state index in [2.05, 4.69) is 69.4 Å². The van der Waals surface area contributed by atoms with Gasteiger partial charge in [-0.15, -0.1) is 0 Å². The standard InChI is InChI=1S/C74H134O6/c1-4-7-10-13-16-19-22-25-28-30-32-33-34-35-36-37-38-39-40-41-42-44-46-49-52-55-58-61-64-67-73(76)79-70-71(69-78-72(75)66-63-60-57-54-51-48-45-27-24-21-18-15-12-9-6-3)80-74(77)68-65-62-59-56-53-50-47-43-31-29-26-23-20-17-14-11-8-5-2/h9,12,18,21,27,45,51,54,60,63,71H,4-8,10-11,13-17,19-20,22-26,28-44,46-50,52-53,55-59,61-62,64-70H2,1-3H3/b12-9-,21-18-,45-27-,54-51-,63-60-. The van der Waals surface area contributed by atoms with E-state index < -0.39 is 12.1 Å². The fourth-order valence-electron chi connectivity index (χ4n) is 10.6. The predicted octanol–water partition coefficient (Wildman–Crippen LogP) is 24.3. The van der Waals surface area contributed by atoms with Gasteiger partial charge in [0.1, 0.15) is 13.2 Å². The van der Waals surface area contributed by atoms with Crippen molar-refractivity contribution in [2.24, 2.45) is 0 Å². The zero-order chi connectivity index (χ0) is 57.8. The van der Waals surface area contributed by atoms with Gasteiger partial charge in [-0.25, -0.2) is 0 Å². The molecule has 0 saturated carbocycles. The van der Waals surface area contributed by atoms with Crippen LogP contribution in [-0.4, -0.2) is 37.2 Å². The summed E-state index contributed by atoms with van der Waals surface area (Å²) in [5.74, 6) is -1.01. The summed E-state index contributed by atoms with van der Waals surface area (Å²) in [6.07, 6.45) is 88.6. The Morgan fingerprint density at radius 1 is 0.263 bits per heavy atom. The van der Waals surface area contributed by atoms with Crippen molar-refractivity contribution in [3.8, 4) is 0 Å². The molecule has 0 aromatic rings. The topological polar surface area (TPSA) is 78.9 Å². The van der Waals surface area contributed by atoms with E-state index in [4.69, 9.17) is 14.2 Å². The highest BCUT2D eigenvalue weighted by Crippen LogP contribution is 2.19. The van der Waals surface area contributed by atoms with Crippen LogP contribution in [0, 0.1) is 0 Å². The Bertz CT molecular complexity index is 1430. The number of allylic oxidation sites excluding steroid dienone is 9. The van der Waals surface area contributed by atoms with Crippen molar-refractivity contribution in [1.29, 1.82) is 0 Å². The molecule has 0 N–H and O–H groups in total. The molecule has 0 heterocycles. The largest absolute Gasteiger partial charge is 0.462 e. The molecule has 466 valence electrons. The van der Waals surface area contributed by atoms with Crippen molar-refractivity contribution in [1.82, 2.24) is 0 Å². The number of carbonyl (C=O) groups is 3. The number of carbonyl (C=O) groups excluding carboxylic acids is 3. The molecule has 0 aromatic carbocycles. The lowest BCUT2D eigenvalue weighted by Crippen LogP contribution is -2.30. The minimum absolute atomic E-state index is 0.0990. The second-order valence-electron chi connectivity index (χ2n) is 23.8. The first-order valence-electron chi connectivity index (χ1n) is 35.3. The average Bonchev–Trinajstić information content (AvgIpc) is 3.46. The second-order valence-corrected chi connectivity index (χ2v) is 23.8. The Labute approximate surface area is 498 Å². The summed E-state index contributed by atoms with van der Waals surface area (Å²) in [4.78, 5) is 38.3. The zero-order valence-corrected chi connectivity index (χ0v) is 53.6. The van der Waals surface area contributed by atoms with Crippen molar-refractivity contribution < 1.29 is 28.6 Å². The van der Waals surface area contributed by atoms with Gasteiger partial charge in [0, 0.05) is 12.8 Å². The monoisotopic (exact) mass is 1120 g/mol. The van der Waals surface area contributed by atoms with Crippen molar-refractivity contribution in [2.75, 3.05) is 13.2 Å². The number of hydrogen-bond donors (Lipinski definition) is 0. The Kier molecular flexibility index (Phi) is 66.1. The minimum Gasteiger partial charge on any atom is -0.462 e. The van der Waals surface area contributed by atoms with Gasteiger partial charge in [-0.1, -0.05) is 370 Å². The van der Waals surface area contributed by atoms with Crippen LogP contribution in [0.5, 0.6) is 0 Å². The first-order chi connectivity index (χ1) is 39.5. The van der Waals surface area contributed by atoms with E-state index in [1.54, 1.807) is 0 Å². The molecule has 0 amide bonds. The molecular formula is C74H134O6. The number of esters is 3. The number of unbranched alkanes of at least 4 members (excludes halogenated alkanes) is 45. The molecule has 0 aliphatic rings. The minimum atomic E-state index is -0.812. The smallest absolute Gasteiger partial charge is 0.309 e. The van der Waals surface area contributed by atoms with Gasteiger partial charge in [0.15, 0.2) is 6.10 Å². The van der Waals surface area contributed by atoms with Gasteiger partial charge < -0.3 is 14.2 Å². The maximum Gasteiger partial charge on any atom is 0.309 e. The fraction of sp³-hybridized carbons (Fsp3) is 0.824. The maximum absolute atomic E-state index is 12.9. The average molecular weight is 1120 g/mol. The van der Waals surface area contributed by atoms with Crippen molar-refractivity contribution >= 4 is 17.9 Å². The van der Waals surface area contributed by atoms with E-state index in [1.165, 1.54) is 263 Å². The predicted molar refractivity (Wildman–Crippen MR) is 348 cm³/mol. The molecule has 0 aliphatic heterocycles. The molecule has 6 heteroatoms. The normalized spacial score (nSPS) is 12.4. The number of hydrogen-bond acceptors (Lipinski definition) is 6. The second kappa shape index (κ2) is 68.6. The lowest BCUT2D eigenvalue weighted by atomic mass is 10.0. The molecule has 0 fully saturated rings. The van der Waals surface area contributed by atoms with Crippen LogP contribution in [0.15, 0.2) is 60.8 Å². The molecule has 0 rings (SSSR count). The van der Waals surface area contributed by atoms with Crippen LogP contribution < -0.4 is 0 Å². The van der Waals surface area contributed by atoms with Gasteiger partial charge in [-0.3, -0.25) is 14.4 Å². The number of rotatable bonds is 65. The molecule has 0 aromatic heterocycles. The third kappa shape index (κ3) is 65.9. The summed E-state index contributed by atoms with van der Waals surface area (Å²) < 4.78 is 16.9. The Morgan fingerprint density at radius 3 is 0.762 bits per heavy atom. The fourth-order valence-corrected chi connectivity index (χ4v) is 10.6. The van der Waals surface area contributed by atoms with Crippen LogP contribution in [0.2, 0.25) is 0 Å². The third-order valence-electron chi connectivity index (χ3n) is 15.8. The van der Waals surface area contributed by atoms with Crippen LogP contribution in [-0.2, 0) is 28.6 Å². The summed E-state index contributed by atoms with van der Waals surface area (Å²) in [7, 11) is 0. The SMILES string of the molecule is CC/C=C\C/C=C\C/C=C\C/C=C\C/C=C\CC(=O)OCC(COC(=O)CCCCCCCCCCCCCCCCCCCCCCCCCCCCCCC)OC(=O)CCCCCCCCCCCCCCCCCCCC. The molecule has 1 atom stereocenters. The van der Waals surface area contributed by atoms with E-state index >= 15 is 0 Å². The summed E-state index contributed by atoms with van der Waals surface area (Å²) >= 11 is 0. The van der Waals surface area contributed by atoms with E-state index in [0.29, 0.717) is 12.8 Å². The van der Waals surface area contributed by atoms with Gasteiger partial charge in [0.2, 0.25) is 0 Å². The molecule has 0 radical (unpaired) electrons. The molecule has 0 spiro atoms. The highest BCUT2D eigenvalue weighted by molar-refractivity contribution is 5.72. The summed E-state index contributed by atoms with van der Waals surface area (Å²) in [5, 5.41) is 0. The number of ether oxygens (including phenoxy) is 3. The van der Waals surface area contributed by atoms with Crippen LogP contribution in [0.25, 0.3) is 0 Å². The molecule has 6 nitrogen and oxygen atoms in total. The molecule has 0 aliphatic carbocycles. The Balaban J connectivity index is 4.25. The van der Waals surface area contributed by atoms with Crippen molar-refractivity contribution in [3.63, 3.8) is 0 Å². The molecular weight excluding hydrogens is 985 g/mol. The van der Waals surface area contributed by atoms with E-state index in [1.807, 2.05) is 12.2 Å². The quantitative estimate of drug-likeness (QED) is 0.0261. The first kappa shape index (κ1) is 77.1. The van der Waals surface area contributed by atoms with Crippen molar-refractivity contribution in [3.05, 3.63) is 60.8 Å². The zero-order valence-electron chi connectivity index (χ0n) is 53.6. The lowest BCUT2D eigenvalue weighted by molar-refractivity contribution is -0.166. The van der Waals surface area contributed by atoms with Gasteiger partial charge >= 0.3 is 17.9 Å². The van der Waals surface area contributed by atoms with Gasteiger partial charge in [0.25, 0.3) is 0 Å². The first-order valence-corrected chi connectivity index (χ1v) is 35.3. The van der Waals surface area contributed by atoms with Gasteiger partial charge in [0.05, 0.1) is 6.42 Å². The van der Waals surface area contributed by atoms with Gasteiger partial charge in [-0.2, -0.15) is 0 Å². The van der Waals surface area contributed by atoms with Crippen molar-refractivity contribution in [2.45, 2.75) is 380 Å². The molecule has 0 saturated heterocycles. The van der Waals surface area contributed by atoms with Crippen LogP contribution in [0.4, 0.5) is 0 Å². The summed E-state index contributed by atoms with van der Waals surface area (Å²) in [5.41, 5.74) is 0. The van der Waals surface area contributed by atoms with Crippen LogP contribution in [0.3, 0.4) is 0 Å². The lowest BCUT2D eigenvalue weighted by Gasteiger charge is -2.18. The third-order valence-corrected chi connectivity index (χ3v) is 15.8. The Morgan fingerprint density at radius 2 is 0.487 bits per heavy atom. The van der Waals surface area contributed by atoms with Gasteiger partial charge in [-0.05, 0) is 44.9 Å².